The molecule has 0 radical (unpaired) electrons. The summed E-state index contributed by atoms with van der Waals surface area (Å²) in [5.41, 5.74) is 0.800. The summed E-state index contributed by atoms with van der Waals surface area (Å²) in [6.45, 7) is 4.71. The molecule has 2 amide bonds. The standard InChI is InChI=1S/C22H26Cl3N3O4S/c1-14(2)26-22(30)15(3)27(12-16-5-7-17(23)8-6-16)21(29)13-28(33(4,31)32)20-11-18(24)9-10-19(20)25/h5-11,14-15H,12-13H2,1-4H3,(H,26,30). The number of sulfonamides is 1. The van der Waals surface area contributed by atoms with Crippen molar-refractivity contribution < 1.29 is 18.0 Å². The summed E-state index contributed by atoms with van der Waals surface area (Å²) in [5, 5.41) is 3.69. The first-order valence-corrected chi connectivity index (χ1v) is 13.0. The molecule has 33 heavy (non-hydrogen) atoms. The first-order chi connectivity index (χ1) is 15.3. The largest absolute Gasteiger partial charge is 0.352 e. The second kappa shape index (κ2) is 11.4. The SMILES string of the molecule is CC(C)NC(=O)C(C)N(Cc1ccc(Cl)cc1)C(=O)CN(c1cc(Cl)ccc1Cl)S(C)(=O)=O. The van der Waals surface area contributed by atoms with Gasteiger partial charge < -0.3 is 10.2 Å². The number of carbonyl (C=O) groups is 2. The number of hydrogen-bond acceptors (Lipinski definition) is 4. The van der Waals surface area contributed by atoms with Gasteiger partial charge in [0.1, 0.15) is 12.6 Å². The molecule has 0 saturated carbocycles. The Morgan fingerprint density at radius 1 is 0.970 bits per heavy atom. The molecule has 11 heteroatoms. The van der Waals surface area contributed by atoms with Crippen molar-refractivity contribution in [2.45, 2.75) is 39.4 Å². The molecule has 0 fully saturated rings. The molecule has 1 unspecified atom stereocenters. The number of halogens is 3. The summed E-state index contributed by atoms with van der Waals surface area (Å²) in [5.74, 6) is -0.947. The third-order valence-electron chi connectivity index (χ3n) is 4.72. The molecule has 0 spiro atoms. The number of hydrogen-bond donors (Lipinski definition) is 1. The lowest BCUT2D eigenvalue weighted by Crippen LogP contribution is -2.52. The van der Waals surface area contributed by atoms with E-state index in [1.165, 1.54) is 23.1 Å². The van der Waals surface area contributed by atoms with Gasteiger partial charge >= 0.3 is 0 Å². The highest BCUT2D eigenvalue weighted by molar-refractivity contribution is 7.92. The fourth-order valence-electron chi connectivity index (χ4n) is 3.05. The van der Waals surface area contributed by atoms with Gasteiger partial charge in [0.05, 0.1) is 17.0 Å². The number of benzene rings is 2. The smallest absolute Gasteiger partial charge is 0.244 e. The molecule has 0 aliphatic carbocycles. The van der Waals surface area contributed by atoms with Crippen LogP contribution in [0.2, 0.25) is 15.1 Å². The van der Waals surface area contributed by atoms with Gasteiger partial charge in [-0.3, -0.25) is 13.9 Å². The molecular weight excluding hydrogens is 509 g/mol. The van der Waals surface area contributed by atoms with Gasteiger partial charge in [0.25, 0.3) is 0 Å². The lowest BCUT2D eigenvalue weighted by atomic mass is 10.1. The minimum Gasteiger partial charge on any atom is -0.352 e. The van der Waals surface area contributed by atoms with Crippen LogP contribution in [-0.4, -0.2) is 50.0 Å². The maximum atomic E-state index is 13.4. The van der Waals surface area contributed by atoms with E-state index in [9.17, 15) is 18.0 Å². The Bertz CT molecular complexity index is 1110. The number of nitrogens with one attached hydrogen (secondary N) is 1. The van der Waals surface area contributed by atoms with Crippen LogP contribution in [0.1, 0.15) is 26.3 Å². The summed E-state index contributed by atoms with van der Waals surface area (Å²) in [4.78, 5) is 27.4. The van der Waals surface area contributed by atoms with Crippen LogP contribution in [0.4, 0.5) is 5.69 Å². The lowest BCUT2D eigenvalue weighted by molar-refractivity contribution is -0.139. The van der Waals surface area contributed by atoms with Gasteiger partial charge in [-0.1, -0.05) is 46.9 Å². The van der Waals surface area contributed by atoms with Crippen molar-refractivity contribution in [2.75, 3.05) is 17.1 Å². The van der Waals surface area contributed by atoms with Crippen molar-refractivity contribution in [1.82, 2.24) is 10.2 Å². The van der Waals surface area contributed by atoms with Crippen molar-refractivity contribution in [2.24, 2.45) is 0 Å². The topological polar surface area (TPSA) is 86.8 Å². The van der Waals surface area contributed by atoms with E-state index in [1.54, 1.807) is 31.2 Å². The number of rotatable bonds is 9. The van der Waals surface area contributed by atoms with Crippen molar-refractivity contribution in [1.29, 1.82) is 0 Å². The van der Waals surface area contributed by atoms with Crippen LogP contribution >= 0.6 is 34.8 Å². The van der Waals surface area contributed by atoms with E-state index in [1.807, 2.05) is 13.8 Å². The van der Waals surface area contributed by atoms with Crippen LogP contribution in [0.15, 0.2) is 42.5 Å². The molecule has 0 aliphatic heterocycles. The molecule has 2 rings (SSSR count). The zero-order chi connectivity index (χ0) is 24.9. The first kappa shape index (κ1) is 27.2. The maximum absolute atomic E-state index is 13.4. The van der Waals surface area contributed by atoms with E-state index in [2.05, 4.69) is 5.32 Å². The summed E-state index contributed by atoms with van der Waals surface area (Å²) in [6, 6.07) is 10.1. The summed E-state index contributed by atoms with van der Waals surface area (Å²) in [6.07, 6.45) is 0.968. The van der Waals surface area contributed by atoms with Gasteiger partial charge in [-0.05, 0) is 56.7 Å². The quantitative estimate of drug-likeness (QED) is 0.518. The van der Waals surface area contributed by atoms with Crippen LogP contribution < -0.4 is 9.62 Å². The Kier molecular flexibility index (Phi) is 9.43. The number of carbonyl (C=O) groups excluding carboxylic acids is 2. The van der Waals surface area contributed by atoms with Crippen LogP contribution in [0.5, 0.6) is 0 Å². The van der Waals surface area contributed by atoms with Gasteiger partial charge in [0.15, 0.2) is 0 Å². The Morgan fingerprint density at radius 2 is 1.55 bits per heavy atom. The number of amides is 2. The zero-order valence-electron chi connectivity index (χ0n) is 18.7. The van der Waals surface area contributed by atoms with E-state index in [0.29, 0.717) is 5.02 Å². The molecule has 2 aromatic rings. The van der Waals surface area contributed by atoms with Gasteiger partial charge in [-0.2, -0.15) is 0 Å². The minimum absolute atomic E-state index is 0.0730. The van der Waals surface area contributed by atoms with Gasteiger partial charge in [0.2, 0.25) is 21.8 Å². The van der Waals surface area contributed by atoms with Crippen molar-refractivity contribution in [3.05, 3.63) is 63.1 Å². The average Bonchev–Trinajstić information content (AvgIpc) is 2.71. The normalized spacial score (nSPS) is 12.4. The van der Waals surface area contributed by atoms with Gasteiger partial charge in [0, 0.05) is 22.6 Å². The molecule has 0 aliphatic rings. The Morgan fingerprint density at radius 3 is 2.09 bits per heavy atom. The van der Waals surface area contributed by atoms with E-state index in [4.69, 9.17) is 34.8 Å². The van der Waals surface area contributed by atoms with Crippen molar-refractivity contribution in [3.8, 4) is 0 Å². The zero-order valence-corrected chi connectivity index (χ0v) is 21.8. The summed E-state index contributed by atoms with van der Waals surface area (Å²) >= 11 is 18.2. The lowest BCUT2D eigenvalue weighted by Gasteiger charge is -2.32. The highest BCUT2D eigenvalue weighted by Gasteiger charge is 2.31. The average molecular weight is 535 g/mol. The molecule has 0 aromatic heterocycles. The van der Waals surface area contributed by atoms with Gasteiger partial charge in [-0.25, -0.2) is 8.42 Å². The van der Waals surface area contributed by atoms with Crippen LogP contribution in [-0.2, 0) is 26.2 Å². The molecule has 2 aromatic carbocycles. The van der Waals surface area contributed by atoms with Crippen LogP contribution in [0, 0.1) is 0 Å². The third kappa shape index (κ3) is 7.78. The molecule has 0 heterocycles. The Labute approximate surface area is 209 Å². The summed E-state index contributed by atoms with van der Waals surface area (Å²) < 4.78 is 26.0. The number of nitrogens with zero attached hydrogens (tertiary/aromatic N) is 2. The molecular formula is C22H26Cl3N3O4S. The fourth-order valence-corrected chi connectivity index (χ4v) is 4.46. The Balaban J connectivity index is 2.42. The highest BCUT2D eigenvalue weighted by Crippen LogP contribution is 2.31. The Hall–Kier alpha value is -2.00. The molecule has 1 N–H and O–H groups in total. The third-order valence-corrected chi connectivity index (χ3v) is 6.65. The molecule has 0 saturated heterocycles. The van der Waals surface area contributed by atoms with Crippen molar-refractivity contribution >= 4 is 62.3 Å². The predicted molar refractivity (Wildman–Crippen MR) is 133 cm³/mol. The molecule has 7 nitrogen and oxygen atoms in total. The molecule has 180 valence electrons. The minimum atomic E-state index is -3.90. The molecule has 1 atom stereocenters. The van der Waals surface area contributed by atoms with E-state index < -0.39 is 28.5 Å². The fraction of sp³-hybridized carbons (Fsp3) is 0.364. The van der Waals surface area contributed by atoms with Crippen LogP contribution in [0.3, 0.4) is 0 Å². The van der Waals surface area contributed by atoms with Gasteiger partial charge in [-0.15, -0.1) is 0 Å². The van der Waals surface area contributed by atoms with E-state index in [-0.39, 0.29) is 34.2 Å². The van der Waals surface area contributed by atoms with E-state index in [0.717, 1.165) is 16.1 Å². The van der Waals surface area contributed by atoms with Crippen LogP contribution in [0.25, 0.3) is 0 Å². The number of anilines is 1. The second-order valence-corrected chi connectivity index (χ2v) is 11.0. The highest BCUT2D eigenvalue weighted by atomic mass is 35.5. The maximum Gasteiger partial charge on any atom is 0.244 e. The second-order valence-electron chi connectivity index (χ2n) is 7.85. The van der Waals surface area contributed by atoms with Crippen molar-refractivity contribution in [3.63, 3.8) is 0 Å². The first-order valence-electron chi connectivity index (χ1n) is 10.1. The monoisotopic (exact) mass is 533 g/mol. The summed E-state index contributed by atoms with van der Waals surface area (Å²) in [7, 11) is -3.90. The van der Waals surface area contributed by atoms with E-state index >= 15 is 0 Å². The molecule has 0 bridgehead atoms. The predicted octanol–water partition coefficient (Wildman–Crippen LogP) is 4.35.